The van der Waals surface area contributed by atoms with Crippen molar-refractivity contribution in [2.24, 2.45) is 5.73 Å². The molecule has 0 spiro atoms. The fourth-order valence-corrected chi connectivity index (χ4v) is 3.46. The van der Waals surface area contributed by atoms with Gasteiger partial charge in [0.2, 0.25) is 0 Å². The number of carbonyl (C=O) groups is 2. The maximum atomic E-state index is 12.6. The van der Waals surface area contributed by atoms with Crippen molar-refractivity contribution in [1.82, 2.24) is 4.90 Å². The third-order valence-electron chi connectivity index (χ3n) is 4.02. The number of nitrogens with one attached hydrogen (secondary N) is 1. The van der Waals surface area contributed by atoms with Gasteiger partial charge < -0.3 is 16.0 Å². The van der Waals surface area contributed by atoms with E-state index in [1.165, 1.54) is 11.3 Å². The van der Waals surface area contributed by atoms with E-state index in [0.29, 0.717) is 22.7 Å². The Bertz CT molecular complexity index is 700. The minimum atomic E-state index is -0.161. The number of anilines is 1. The van der Waals surface area contributed by atoms with Crippen molar-refractivity contribution in [3.05, 3.63) is 52.2 Å². The second-order valence-electron chi connectivity index (χ2n) is 5.54. The lowest BCUT2D eigenvalue weighted by atomic mass is 10.1. The minimum Gasteiger partial charge on any atom is -0.334 e. The molecule has 1 saturated heterocycles. The van der Waals surface area contributed by atoms with Gasteiger partial charge >= 0.3 is 0 Å². The third kappa shape index (κ3) is 3.43. The molecule has 6 heteroatoms. The van der Waals surface area contributed by atoms with Crippen LogP contribution in [0.1, 0.15) is 32.9 Å². The topological polar surface area (TPSA) is 75.4 Å². The molecule has 23 heavy (non-hydrogen) atoms. The van der Waals surface area contributed by atoms with E-state index in [0.717, 1.165) is 19.4 Å². The largest absolute Gasteiger partial charge is 0.334 e. The average Bonchev–Trinajstić information content (AvgIpc) is 3.25. The standard InChI is InChI=1S/C17H19N3O2S/c18-11-14-6-2-8-20(14)17(22)12-4-1-5-13(10-12)19-16(21)15-7-3-9-23-15/h1,3-5,7,9-10,14H,2,6,8,11,18H2,(H,19,21). The van der Waals surface area contributed by atoms with E-state index in [1.54, 1.807) is 30.3 Å². The van der Waals surface area contributed by atoms with E-state index in [9.17, 15) is 9.59 Å². The highest BCUT2D eigenvalue weighted by atomic mass is 32.1. The Morgan fingerprint density at radius 1 is 1.30 bits per heavy atom. The van der Waals surface area contributed by atoms with Crippen LogP contribution in [0.15, 0.2) is 41.8 Å². The van der Waals surface area contributed by atoms with E-state index in [4.69, 9.17) is 5.73 Å². The van der Waals surface area contributed by atoms with Crippen LogP contribution in [-0.2, 0) is 0 Å². The molecular formula is C17H19N3O2S. The summed E-state index contributed by atoms with van der Waals surface area (Å²) < 4.78 is 0. The van der Waals surface area contributed by atoms with Crippen molar-refractivity contribution < 1.29 is 9.59 Å². The highest BCUT2D eigenvalue weighted by molar-refractivity contribution is 7.12. The fourth-order valence-electron chi connectivity index (χ4n) is 2.84. The zero-order chi connectivity index (χ0) is 16.2. The van der Waals surface area contributed by atoms with E-state index < -0.39 is 0 Å². The summed E-state index contributed by atoms with van der Waals surface area (Å²) in [5, 5.41) is 4.69. The van der Waals surface area contributed by atoms with Gasteiger partial charge in [0.15, 0.2) is 0 Å². The average molecular weight is 329 g/mol. The summed E-state index contributed by atoms with van der Waals surface area (Å²) in [6, 6.07) is 10.8. The number of likely N-dealkylation sites (tertiary alicyclic amines) is 1. The van der Waals surface area contributed by atoms with E-state index in [2.05, 4.69) is 5.32 Å². The summed E-state index contributed by atoms with van der Waals surface area (Å²) in [7, 11) is 0. The molecule has 1 aliphatic rings. The quantitative estimate of drug-likeness (QED) is 0.905. The molecular weight excluding hydrogens is 310 g/mol. The maximum Gasteiger partial charge on any atom is 0.265 e. The number of hydrogen-bond acceptors (Lipinski definition) is 4. The molecule has 2 aromatic rings. The highest BCUT2D eigenvalue weighted by Crippen LogP contribution is 2.21. The first-order valence-electron chi connectivity index (χ1n) is 7.65. The Kier molecular flexibility index (Phi) is 4.73. The highest BCUT2D eigenvalue weighted by Gasteiger charge is 2.28. The first-order chi connectivity index (χ1) is 11.2. The van der Waals surface area contributed by atoms with Crippen molar-refractivity contribution in [3.8, 4) is 0 Å². The first-order valence-corrected chi connectivity index (χ1v) is 8.53. The van der Waals surface area contributed by atoms with Crippen LogP contribution in [0.2, 0.25) is 0 Å². The summed E-state index contributed by atoms with van der Waals surface area (Å²) in [6.07, 6.45) is 1.94. The van der Waals surface area contributed by atoms with Gasteiger partial charge in [-0.2, -0.15) is 0 Å². The van der Waals surface area contributed by atoms with Gasteiger partial charge in [0.1, 0.15) is 0 Å². The molecule has 0 aliphatic carbocycles. The lowest BCUT2D eigenvalue weighted by Crippen LogP contribution is -2.39. The third-order valence-corrected chi connectivity index (χ3v) is 4.89. The van der Waals surface area contributed by atoms with E-state index >= 15 is 0 Å². The molecule has 1 aromatic heterocycles. The number of nitrogens with two attached hydrogens (primary N) is 1. The van der Waals surface area contributed by atoms with Crippen LogP contribution in [0, 0.1) is 0 Å². The van der Waals surface area contributed by atoms with Gasteiger partial charge in [-0.05, 0) is 42.5 Å². The zero-order valence-corrected chi connectivity index (χ0v) is 13.5. The summed E-state index contributed by atoms with van der Waals surface area (Å²) in [4.78, 5) is 27.2. The Morgan fingerprint density at radius 2 is 2.17 bits per heavy atom. The molecule has 1 unspecified atom stereocenters. The van der Waals surface area contributed by atoms with Crippen LogP contribution in [0.25, 0.3) is 0 Å². The molecule has 1 aliphatic heterocycles. The van der Waals surface area contributed by atoms with Crippen LogP contribution in [0.5, 0.6) is 0 Å². The zero-order valence-electron chi connectivity index (χ0n) is 12.7. The van der Waals surface area contributed by atoms with Crippen LogP contribution in [-0.4, -0.2) is 35.8 Å². The summed E-state index contributed by atoms with van der Waals surface area (Å²) in [5.74, 6) is -0.184. The second-order valence-corrected chi connectivity index (χ2v) is 6.49. The van der Waals surface area contributed by atoms with Crippen LogP contribution >= 0.6 is 11.3 Å². The number of benzene rings is 1. The molecule has 3 N–H and O–H groups in total. The van der Waals surface area contributed by atoms with Gasteiger partial charge in [0.25, 0.3) is 11.8 Å². The number of hydrogen-bond donors (Lipinski definition) is 2. The van der Waals surface area contributed by atoms with Crippen molar-refractivity contribution in [1.29, 1.82) is 0 Å². The Morgan fingerprint density at radius 3 is 2.91 bits per heavy atom. The van der Waals surface area contributed by atoms with Gasteiger partial charge in [-0.1, -0.05) is 12.1 Å². The minimum absolute atomic E-state index is 0.0230. The van der Waals surface area contributed by atoms with Crippen LogP contribution in [0.3, 0.4) is 0 Å². The van der Waals surface area contributed by atoms with Gasteiger partial charge in [-0.3, -0.25) is 9.59 Å². The van der Waals surface area contributed by atoms with Crippen molar-refractivity contribution in [2.75, 3.05) is 18.4 Å². The van der Waals surface area contributed by atoms with E-state index in [1.807, 2.05) is 16.3 Å². The number of amides is 2. The predicted molar refractivity (Wildman–Crippen MR) is 91.8 cm³/mol. The normalized spacial score (nSPS) is 17.3. The summed E-state index contributed by atoms with van der Waals surface area (Å²) in [6.45, 7) is 1.23. The Balaban J connectivity index is 1.74. The smallest absolute Gasteiger partial charge is 0.265 e. The molecule has 1 aromatic carbocycles. The van der Waals surface area contributed by atoms with Crippen LogP contribution in [0.4, 0.5) is 5.69 Å². The predicted octanol–water partition coefficient (Wildman–Crippen LogP) is 2.56. The molecule has 0 radical (unpaired) electrons. The van der Waals surface area contributed by atoms with Crippen molar-refractivity contribution in [3.63, 3.8) is 0 Å². The van der Waals surface area contributed by atoms with Crippen molar-refractivity contribution in [2.45, 2.75) is 18.9 Å². The summed E-state index contributed by atoms with van der Waals surface area (Å²) in [5.41, 5.74) is 6.94. The second kappa shape index (κ2) is 6.93. The molecule has 1 atom stereocenters. The number of nitrogens with zero attached hydrogens (tertiary/aromatic N) is 1. The molecule has 0 bridgehead atoms. The maximum absolute atomic E-state index is 12.6. The number of carbonyl (C=O) groups excluding carboxylic acids is 2. The lowest BCUT2D eigenvalue weighted by molar-refractivity contribution is 0.0741. The Hall–Kier alpha value is -2.18. The van der Waals surface area contributed by atoms with E-state index in [-0.39, 0.29) is 17.9 Å². The SMILES string of the molecule is NCC1CCCN1C(=O)c1cccc(NC(=O)c2cccs2)c1. The van der Waals surface area contributed by atoms with Gasteiger partial charge in [-0.15, -0.1) is 11.3 Å². The molecule has 1 fully saturated rings. The molecule has 0 saturated carbocycles. The fraction of sp³-hybridized carbons (Fsp3) is 0.294. The molecule has 5 nitrogen and oxygen atoms in total. The summed E-state index contributed by atoms with van der Waals surface area (Å²) >= 11 is 1.38. The molecule has 120 valence electrons. The number of rotatable bonds is 4. The van der Waals surface area contributed by atoms with Gasteiger partial charge in [0.05, 0.1) is 4.88 Å². The van der Waals surface area contributed by atoms with Gasteiger partial charge in [0, 0.05) is 30.4 Å². The monoisotopic (exact) mass is 329 g/mol. The molecule has 3 rings (SSSR count). The number of thiophene rings is 1. The molecule has 2 amide bonds. The van der Waals surface area contributed by atoms with Gasteiger partial charge in [-0.25, -0.2) is 0 Å². The molecule has 2 heterocycles. The first kappa shape index (κ1) is 15.7. The van der Waals surface area contributed by atoms with Crippen LogP contribution < -0.4 is 11.1 Å². The Labute approximate surface area is 139 Å². The van der Waals surface area contributed by atoms with Crippen molar-refractivity contribution >= 4 is 28.8 Å². The lowest BCUT2D eigenvalue weighted by Gasteiger charge is -2.23.